The van der Waals surface area contributed by atoms with E-state index in [0.717, 1.165) is 18.5 Å². The second kappa shape index (κ2) is 6.35. The van der Waals surface area contributed by atoms with Gasteiger partial charge in [0, 0.05) is 12.6 Å². The van der Waals surface area contributed by atoms with Crippen molar-refractivity contribution in [2.24, 2.45) is 0 Å². The zero-order valence-corrected chi connectivity index (χ0v) is 9.31. The maximum Gasteiger partial charge on any atom is 0.232 e. The Morgan fingerprint density at radius 1 is 1.40 bits per heavy atom. The Morgan fingerprint density at radius 3 is 2.87 bits per heavy atom. The molecule has 0 aromatic carbocycles. The first-order valence-electron chi connectivity index (χ1n) is 5.38. The van der Waals surface area contributed by atoms with Crippen LogP contribution in [0.4, 0.5) is 0 Å². The fourth-order valence-corrected chi connectivity index (χ4v) is 1.15. The van der Waals surface area contributed by atoms with Crippen LogP contribution in [0.5, 0.6) is 5.88 Å². The predicted octanol–water partition coefficient (Wildman–Crippen LogP) is 1.58. The van der Waals surface area contributed by atoms with Crippen molar-refractivity contribution in [3.05, 3.63) is 18.1 Å². The predicted molar refractivity (Wildman–Crippen MR) is 57.8 cm³/mol. The van der Waals surface area contributed by atoms with Crippen molar-refractivity contribution in [1.29, 1.82) is 0 Å². The molecule has 1 atom stereocenters. The molecule has 1 aromatic rings. The Kier molecular flexibility index (Phi) is 5.04. The molecule has 0 aliphatic carbocycles. The lowest BCUT2D eigenvalue weighted by Crippen LogP contribution is -2.10. The van der Waals surface area contributed by atoms with Gasteiger partial charge in [0.1, 0.15) is 0 Å². The Balaban J connectivity index is 2.57. The van der Waals surface area contributed by atoms with E-state index in [9.17, 15) is 5.11 Å². The molecule has 0 radical (unpaired) electrons. The normalized spacial score (nSPS) is 12.5. The maximum atomic E-state index is 9.47. The monoisotopic (exact) mass is 210 g/mol. The molecule has 1 unspecified atom stereocenters. The largest absolute Gasteiger partial charge is 0.477 e. The summed E-state index contributed by atoms with van der Waals surface area (Å²) in [6, 6.07) is 0. The Hall–Kier alpha value is -1.16. The van der Waals surface area contributed by atoms with Gasteiger partial charge in [-0.3, -0.25) is 4.98 Å². The summed E-state index contributed by atoms with van der Waals surface area (Å²) in [7, 11) is 0. The van der Waals surface area contributed by atoms with Crippen LogP contribution in [0.1, 0.15) is 32.4 Å². The highest BCUT2D eigenvalue weighted by Gasteiger charge is 2.05. The number of aliphatic hydroxyl groups is 1. The van der Waals surface area contributed by atoms with Crippen LogP contribution in [-0.2, 0) is 6.42 Å². The number of aliphatic hydroxyl groups excluding tert-OH is 1. The molecule has 84 valence electrons. The van der Waals surface area contributed by atoms with Crippen molar-refractivity contribution in [3.8, 4) is 5.88 Å². The third-order valence-corrected chi connectivity index (χ3v) is 2.03. The smallest absolute Gasteiger partial charge is 0.232 e. The van der Waals surface area contributed by atoms with Crippen LogP contribution in [0.15, 0.2) is 12.4 Å². The molecule has 0 saturated carbocycles. The first-order chi connectivity index (χ1) is 7.26. The van der Waals surface area contributed by atoms with Crippen LogP contribution in [-0.4, -0.2) is 27.8 Å². The summed E-state index contributed by atoms with van der Waals surface area (Å²) < 4.78 is 5.36. The molecule has 15 heavy (non-hydrogen) atoms. The topological polar surface area (TPSA) is 55.2 Å². The quantitative estimate of drug-likeness (QED) is 0.774. The number of rotatable bonds is 6. The highest BCUT2D eigenvalue weighted by Crippen LogP contribution is 2.08. The summed E-state index contributed by atoms with van der Waals surface area (Å²) in [6.45, 7) is 4.63. The number of ether oxygens (including phenoxy) is 1. The third-order valence-electron chi connectivity index (χ3n) is 2.03. The van der Waals surface area contributed by atoms with Gasteiger partial charge in [0.2, 0.25) is 5.88 Å². The first kappa shape index (κ1) is 11.9. The molecule has 0 aliphatic heterocycles. The van der Waals surface area contributed by atoms with Crippen LogP contribution in [0, 0.1) is 0 Å². The van der Waals surface area contributed by atoms with Crippen molar-refractivity contribution in [2.45, 2.75) is 39.2 Å². The fraction of sp³-hybridized carbons (Fsp3) is 0.636. The lowest BCUT2D eigenvalue weighted by atomic mass is 10.1. The van der Waals surface area contributed by atoms with Crippen LogP contribution in [0.3, 0.4) is 0 Å². The summed E-state index contributed by atoms with van der Waals surface area (Å²) in [6.07, 6.45) is 5.12. The van der Waals surface area contributed by atoms with E-state index in [2.05, 4.69) is 9.97 Å². The van der Waals surface area contributed by atoms with Gasteiger partial charge in [-0.1, -0.05) is 13.8 Å². The summed E-state index contributed by atoms with van der Waals surface area (Å²) in [4.78, 5) is 8.28. The molecule has 0 spiro atoms. The standard InChI is InChI=1S/C11H18N2O2/c1-3-5-15-11-8-12-7-9(13-11)6-10(14)4-2/h7-8,10,14H,3-6H2,1-2H3. The van der Waals surface area contributed by atoms with Crippen LogP contribution >= 0.6 is 0 Å². The lowest BCUT2D eigenvalue weighted by molar-refractivity contribution is 0.169. The molecule has 0 amide bonds. The lowest BCUT2D eigenvalue weighted by Gasteiger charge is -2.08. The van der Waals surface area contributed by atoms with E-state index in [0.29, 0.717) is 18.9 Å². The Morgan fingerprint density at radius 2 is 2.20 bits per heavy atom. The SMILES string of the molecule is CCCOc1cncc(CC(O)CC)n1. The van der Waals surface area contributed by atoms with Gasteiger partial charge in [-0.2, -0.15) is 0 Å². The van der Waals surface area contributed by atoms with Crippen molar-refractivity contribution in [1.82, 2.24) is 9.97 Å². The number of nitrogens with zero attached hydrogens (tertiary/aromatic N) is 2. The van der Waals surface area contributed by atoms with E-state index in [1.54, 1.807) is 12.4 Å². The molecule has 4 heteroatoms. The average molecular weight is 210 g/mol. The van der Waals surface area contributed by atoms with Gasteiger partial charge in [0.25, 0.3) is 0 Å². The number of aromatic nitrogens is 2. The summed E-state index contributed by atoms with van der Waals surface area (Å²) in [5.74, 6) is 0.539. The van der Waals surface area contributed by atoms with E-state index in [4.69, 9.17) is 4.74 Å². The van der Waals surface area contributed by atoms with Crippen LogP contribution in [0.25, 0.3) is 0 Å². The highest BCUT2D eigenvalue weighted by molar-refractivity contribution is 5.09. The highest BCUT2D eigenvalue weighted by atomic mass is 16.5. The minimum atomic E-state index is -0.347. The second-order valence-corrected chi connectivity index (χ2v) is 3.46. The molecule has 4 nitrogen and oxygen atoms in total. The van der Waals surface area contributed by atoms with E-state index in [1.807, 2.05) is 13.8 Å². The number of hydrogen-bond donors (Lipinski definition) is 1. The number of hydrogen-bond acceptors (Lipinski definition) is 4. The van der Waals surface area contributed by atoms with Crippen LogP contribution < -0.4 is 4.74 Å². The molecular formula is C11H18N2O2. The summed E-state index contributed by atoms with van der Waals surface area (Å²) in [5.41, 5.74) is 0.776. The molecule has 1 N–H and O–H groups in total. The van der Waals surface area contributed by atoms with Gasteiger partial charge >= 0.3 is 0 Å². The Bertz CT molecular complexity index is 292. The maximum absolute atomic E-state index is 9.47. The van der Waals surface area contributed by atoms with Crippen molar-refractivity contribution in [2.75, 3.05) is 6.61 Å². The van der Waals surface area contributed by atoms with Gasteiger partial charge in [0.05, 0.1) is 24.6 Å². The van der Waals surface area contributed by atoms with E-state index in [-0.39, 0.29) is 6.10 Å². The van der Waals surface area contributed by atoms with Crippen molar-refractivity contribution < 1.29 is 9.84 Å². The molecule has 1 rings (SSSR count). The third kappa shape index (κ3) is 4.25. The van der Waals surface area contributed by atoms with E-state index < -0.39 is 0 Å². The van der Waals surface area contributed by atoms with Gasteiger partial charge in [-0.25, -0.2) is 4.98 Å². The molecule has 0 fully saturated rings. The molecule has 1 aromatic heterocycles. The van der Waals surface area contributed by atoms with Gasteiger partial charge in [0.15, 0.2) is 0 Å². The van der Waals surface area contributed by atoms with Crippen LogP contribution in [0.2, 0.25) is 0 Å². The zero-order valence-electron chi connectivity index (χ0n) is 9.31. The minimum absolute atomic E-state index is 0.347. The van der Waals surface area contributed by atoms with Crippen molar-refractivity contribution in [3.63, 3.8) is 0 Å². The summed E-state index contributed by atoms with van der Waals surface area (Å²) >= 11 is 0. The van der Waals surface area contributed by atoms with Gasteiger partial charge in [-0.15, -0.1) is 0 Å². The van der Waals surface area contributed by atoms with Gasteiger partial charge in [-0.05, 0) is 12.8 Å². The minimum Gasteiger partial charge on any atom is -0.477 e. The zero-order chi connectivity index (χ0) is 11.1. The van der Waals surface area contributed by atoms with Gasteiger partial charge < -0.3 is 9.84 Å². The Labute approximate surface area is 90.3 Å². The first-order valence-corrected chi connectivity index (χ1v) is 5.38. The average Bonchev–Trinajstić information content (AvgIpc) is 2.26. The van der Waals surface area contributed by atoms with E-state index >= 15 is 0 Å². The molecule has 0 saturated heterocycles. The molecular weight excluding hydrogens is 192 g/mol. The molecule has 0 aliphatic rings. The second-order valence-electron chi connectivity index (χ2n) is 3.46. The van der Waals surface area contributed by atoms with Crippen molar-refractivity contribution >= 4 is 0 Å². The molecule has 1 heterocycles. The molecule has 0 bridgehead atoms. The van der Waals surface area contributed by atoms with E-state index in [1.165, 1.54) is 0 Å². The fourth-order valence-electron chi connectivity index (χ4n) is 1.15. The summed E-state index contributed by atoms with van der Waals surface area (Å²) in [5, 5.41) is 9.47.